The van der Waals surface area contributed by atoms with E-state index < -0.39 is 16.0 Å². The third-order valence-electron chi connectivity index (χ3n) is 3.02. The minimum atomic E-state index is -3.51. The third-order valence-corrected chi connectivity index (χ3v) is 4.42. The quantitative estimate of drug-likeness (QED) is 0.857. The Bertz CT molecular complexity index is 652. The number of carboxylic acids is 1. The molecule has 1 aromatic carbocycles. The number of carbonyl (C=O) groups is 1. The average molecular weight is 296 g/mol. The molecular weight excluding hydrogens is 280 g/mol. The lowest BCUT2D eigenvalue weighted by Gasteiger charge is -2.07. The van der Waals surface area contributed by atoms with Crippen molar-refractivity contribution in [1.82, 2.24) is 4.72 Å². The summed E-state index contributed by atoms with van der Waals surface area (Å²) >= 11 is 0. The maximum absolute atomic E-state index is 11.9. The highest BCUT2D eigenvalue weighted by atomic mass is 32.2. The number of nitrogens with zero attached hydrogens (tertiary/aromatic N) is 1. The van der Waals surface area contributed by atoms with Crippen LogP contribution in [0.15, 0.2) is 34.2 Å². The summed E-state index contributed by atoms with van der Waals surface area (Å²) in [4.78, 5) is 15.0. The third kappa shape index (κ3) is 3.16. The largest absolute Gasteiger partial charge is 0.481 e. The van der Waals surface area contributed by atoms with E-state index >= 15 is 0 Å². The van der Waals surface area contributed by atoms with Crippen molar-refractivity contribution in [2.75, 3.05) is 0 Å². The van der Waals surface area contributed by atoms with E-state index in [1.807, 2.05) is 6.92 Å². The Morgan fingerprint density at radius 1 is 1.40 bits per heavy atom. The van der Waals surface area contributed by atoms with Crippen molar-refractivity contribution < 1.29 is 18.3 Å². The summed E-state index contributed by atoms with van der Waals surface area (Å²) in [6.45, 7) is 1.84. The molecule has 1 aliphatic rings. The normalized spacial score (nSPS) is 19.4. The molecule has 0 amide bonds. The fraction of sp³-hybridized carbons (Fsp3) is 0.385. The molecular formula is C13H16N2O4S. The molecule has 2 rings (SSSR count). The van der Waals surface area contributed by atoms with Gasteiger partial charge in [-0.15, -0.1) is 0 Å². The molecule has 0 fully saturated rings. The van der Waals surface area contributed by atoms with Crippen LogP contribution in [0.5, 0.6) is 0 Å². The molecule has 1 aromatic rings. The number of aliphatic imine (C=N–C) groups is 1. The molecule has 0 radical (unpaired) electrons. The van der Waals surface area contributed by atoms with Crippen molar-refractivity contribution in [3.8, 4) is 0 Å². The van der Waals surface area contributed by atoms with Crippen LogP contribution in [0.25, 0.3) is 0 Å². The summed E-state index contributed by atoms with van der Waals surface area (Å²) in [5.41, 5.74) is 0.567. The van der Waals surface area contributed by atoms with Crippen LogP contribution in [-0.4, -0.2) is 31.4 Å². The van der Waals surface area contributed by atoms with Crippen LogP contribution < -0.4 is 4.72 Å². The lowest BCUT2D eigenvalue weighted by molar-refractivity contribution is -0.137. The van der Waals surface area contributed by atoms with Crippen molar-refractivity contribution in [1.29, 1.82) is 0 Å². The van der Waals surface area contributed by atoms with E-state index in [1.54, 1.807) is 18.2 Å². The van der Waals surface area contributed by atoms with E-state index in [9.17, 15) is 13.2 Å². The number of hydrogen-bond donors (Lipinski definition) is 2. The highest BCUT2D eigenvalue weighted by molar-refractivity contribution is 7.90. The van der Waals surface area contributed by atoms with Gasteiger partial charge >= 0.3 is 5.97 Å². The van der Waals surface area contributed by atoms with Gasteiger partial charge in [-0.1, -0.05) is 12.1 Å². The molecule has 0 bridgehead atoms. The molecule has 0 aliphatic carbocycles. The number of benzene rings is 1. The van der Waals surface area contributed by atoms with Gasteiger partial charge < -0.3 is 5.11 Å². The maximum Gasteiger partial charge on any atom is 0.303 e. The second kappa shape index (κ2) is 5.62. The molecule has 0 saturated heterocycles. The molecule has 1 unspecified atom stereocenters. The van der Waals surface area contributed by atoms with Crippen LogP contribution in [-0.2, 0) is 14.8 Å². The lowest BCUT2D eigenvalue weighted by atomic mass is 10.1. The molecule has 1 atom stereocenters. The van der Waals surface area contributed by atoms with Crippen molar-refractivity contribution in [3.05, 3.63) is 29.8 Å². The van der Waals surface area contributed by atoms with Crippen molar-refractivity contribution in [3.63, 3.8) is 0 Å². The number of aliphatic carboxylic acids is 1. The van der Waals surface area contributed by atoms with Gasteiger partial charge in [0.15, 0.2) is 0 Å². The molecule has 0 spiro atoms. The number of hydrogen-bond acceptors (Lipinski definition) is 4. The van der Waals surface area contributed by atoms with Gasteiger partial charge in [0.2, 0.25) is 0 Å². The predicted molar refractivity (Wildman–Crippen MR) is 74.2 cm³/mol. The maximum atomic E-state index is 11.9. The number of rotatable bonds is 5. The van der Waals surface area contributed by atoms with E-state index in [-0.39, 0.29) is 17.4 Å². The first-order valence-corrected chi connectivity index (χ1v) is 7.80. The lowest BCUT2D eigenvalue weighted by Crippen LogP contribution is -2.23. The van der Waals surface area contributed by atoms with Gasteiger partial charge in [0.05, 0.1) is 4.90 Å². The molecule has 1 heterocycles. The zero-order valence-corrected chi connectivity index (χ0v) is 11.9. The fourth-order valence-corrected chi connectivity index (χ4v) is 3.30. The van der Waals surface area contributed by atoms with Crippen LogP contribution in [0.1, 0.15) is 31.7 Å². The molecule has 6 nitrogen and oxygen atoms in total. The molecule has 20 heavy (non-hydrogen) atoms. The van der Waals surface area contributed by atoms with E-state index in [2.05, 4.69) is 9.71 Å². The van der Waals surface area contributed by atoms with Crippen LogP contribution in [0, 0.1) is 0 Å². The van der Waals surface area contributed by atoms with Crippen molar-refractivity contribution in [2.45, 2.75) is 37.1 Å². The predicted octanol–water partition coefficient (Wildman–Crippen LogP) is 1.37. The number of sulfonamides is 1. The smallest absolute Gasteiger partial charge is 0.303 e. The molecule has 7 heteroatoms. The van der Waals surface area contributed by atoms with Crippen LogP contribution in [0.4, 0.5) is 0 Å². The summed E-state index contributed by atoms with van der Waals surface area (Å²) in [5, 5.41) is 8.58. The van der Waals surface area contributed by atoms with Crippen LogP contribution in [0.3, 0.4) is 0 Å². The second-order valence-electron chi connectivity index (χ2n) is 4.71. The van der Waals surface area contributed by atoms with Crippen molar-refractivity contribution >= 4 is 21.8 Å². The first kappa shape index (κ1) is 14.5. The summed E-state index contributed by atoms with van der Waals surface area (Å²) < 4.78 is 26.2. The zero-order valence-electron chi connectivity index (χ0n) is 11.0. The van der Waals surface area contributed by atoms with Gasteiger partial charge in [0.1, 0.15) is 5.84 Å². The molecule has 0 aromatic heterocycles. The first-order valence-electron chi connectivity index (χ1n) is 6.32. The van der Waals surface area contributed by atoms with E-state index in [1.165, 1.54) is 6.07 Å². The average Bonchev–Trinajstić information content (AvgIpc) is 2.61. The fourth-order valence-electron chi connectivity index (χ4n) is 2.06. The van der Waals surface area contributed by atoms with Gasteiger partial charge in [-0.3, -0.25) is 14.5 Å². The summed E-state index contributed by atoms with van der Waals surface area (Å²) in [5.74, 6) is -0.500. The molecule has 108 valence electrons. The Hall–Kier alpha value is -1.89. The Kier molecular flexibility index (Phi) is 4.08. The highest BCUT2D eigenvalue weighted by Gasteiger charge is 2.30. The first-order chi connectivity index (χ1) is 9.40. The number of fused-ring (bicyclic) bond motifs is 1. The van der Waals surface area contributed by atoms with E-state index in [4.69, 9.17) is 5.11 Å². The minimum Gasteiger partial charge on any atom is -0.481 e. The van der Waals surface area contributed by atoms with Gasteiger partial charge in [0.25, 0.3) is 10.0 Å². The molecule has 0 saturated carbocycles. The second-order valence-corrected chi connectivity index (χ2v) is 6.37. The number of carboxylic acid groups (broad SMARTS) is 1. The van der Waals surface area contributed by atoms with Gasteiger partial charge in [-0.25, -0.2) is 8.42 Å². The zero-order chi connectivity index (χ0) is 14.8. The number of amidine groups is 1. The van der Waals surface area contributed by atoms with Gasteiger partial charge in [0, 0.05) is 18.0 Å². The highest BCUT2D eigenvalue weighted by Crippen LogP contribution is 2.22. The van der Waals surface area contributed by atoms with E-state index in [0.29, 0.717) is 24.2 Å². The Balaban J connectivity index is 2.14. The van der Waals surface area contributed by atoms with Crippen LogP contribution in [0.2, 0.25) is 0 Å². The standard InChI is InChI=1S/C13H16N2O4S/c1-9(5-4-8-12(16)17)14-13-10-6-2-3-7-11(10)20(18,19)15-13/h2-3,6-7,9H,4-5,8H2,1H3,(H,14,15)(H,16,17). The summed E-state index contributed by atoms with van der Waals surface area (Å²) in [7, 11) is -3.51. The summed E-state index contributed by atoms with van der Waals surface area (Å²) in [6, 6.07) is 6.52. The monoisotopic (exact) mass is 296 g/mol. The Morgan fingerprint density at radius 3 is 2.80 bits per heavy atom. The van der Waals surface area contributed by atoms with Crippen LogP contribution >= 0.6 is 0 Å². The Labute approximate surface area is 117 Å². The topological polar surface area (TPSA) is 95.8 Å². The Morgan fingerprint density at radius 2 is 2.10 bits per heavy atom. The van der Waals surface area contributed by atoms with Gasteiger partial charge in [-0.2, -0.15) is 0 Å². The van der Waals surface area contributed by atoms with Crippen molar-refractivity contribution in [2.24, 2.45) is 4.99 Å². The summed E-state index contributed by atoms with van der Waals surface area (Å²) in [6.07, 6.45) is 1.21. The molecule has 1 aliphatic heterocycles. The molecule has 2 N–H and O–H groups in total. The number of nitrogens with one attached hydrogen (secondary N) is 1. The van der Waals surface area contributed by atoms with Gasteiger partial charge in [-0.05, 0) is 31.9 Å². The minimum absolute atomic E-state index is 0.0947. The van der Waals surface area contributed by atoms with E-state index in [0.717, 1.165) is 0 Å². The SMILES string of the molecule is CC(CCCC(=O)O)N=C1NS(=O)(=O)c2ccccc21.